The normalized spacial score (nSPS) is 15.0. The third-order valence-corrected chi connectivity index (χ3v) is 7.14. The number of para-hydroxylation sites is 1. The average molecular weight is 526 g/mol. The number of aromatic nitrogens is 1. The standard InChI is InChI=1S/C30H31N5O4/c1-33-15-17-35(18-16-33)19-25(36)34(2)22-13-11-21(12-14-22)31-27(20-7-4-3-5-8-20)26-23-9-6-10-24(30(38)39)28(23)32-29(26)37/h3-14,32,37H,15-19H2,1-2H3,(H,38,39). The lowest BCUT2D eigenvalue weighted by Gasteiger charge is -2.32. The average Bonchev–Trinajstić information content (AvgIpc) is 3.28. The lowest BCUT2D eigenvalue weighted by Crippen LogP contribution is -2.48. The van der Waals surface area contributed by atoms with Crippen LogP contribution in [0.3, 0.4) is 0 Å². The predicted octanol–water partition coefficient (Wildman–Crippen LogP) is 3.95. The van der Waals surface area contributed by atoms with Crippen molar-refractivity contribution in [2.45, 2.75) is 0 Å². The Morgan fingerprint density at radius 2 is 1.64 bits per heavy atom. The van der Waals surface area contributed by atoms with Crippen molar-refractivity contribution in [1.82, 2.24) is 14.8 Å². The zero-order valence-corrected chi connectivity index (χ0v) is 22.0. The van der Waals surface area contributed by atoms with Gasteiger partial charge in [-0.15, -0.1) is 0 Å². The number of fused-ring (bicyclic) bond motifs is 1. The second kappa shape index (κ2) is 11.1. The van der Waals surface area contributed by atoms with Crippen LogP contribution in [0, 0.1) is 0 Å². The van der Waals surface area contributed by atoms with Crippen molar-refractivity contribution in [3.63, 3.8) is 0 Å². The van der Waals surface area contributed by atoms with Crippen LogP contribution in [-0.4, -0.2) is 89.4 Å². The van der Waals surface area contributed by atoms with E-state index in [4.69, 9.17) is 4.99 Å². The molecule has 0 radical (unpaired) electrons. The van der Waals surface area contributed by atoms with Gasteiger partial charge in [0.1, 0.15) is 0 Å². The molecule has 9 nitrogen and oxygen atoms in total. The zero-order valence-electron chi connectivity index (χ0n) is 22.0. The summed E-state index contributed by atoms with van der Waals surface area (Å²) in [5.41, 5.74) is 3.46. The molecule has 1 saturated heterocycles. The summed E-state index contributed by atoms with van der Waals surface area (Å²) in [5, 5.41) is 21.1. The Morgan fingerprint density at radius 3 is 2.31 bits per heavy atom. The minimum absolute atomic E-state index is 0.0266. The molecule has 0 bridgehead atoms. The number of carboxylic acids is 1. The van der Waals surface area contributed by atoms with Gasteiger partial charge >= 0.3 is 5.97 Å². The van der Waals surface area contributed by atoms with Crippen molar-refractivity contribution in [2.75, 3.05) is 51.7 Å². The van der Waals surface area contributed by atoms with Gasteiger partial charge in [0.15, 0.2) is 5.88 Å². The largest absolute Gasteiger partial charge is 0.494 e. The van der Waals surface area contributed by atoms with E-state index in [9.17, 15) is 19.8 Å². The van der Waals surface area contributed by atoms with E-state index in [1.807, 2.05) is 54.6 Å². The van der Waals surface area contributed by atoms with Crippen molar-refractivity contribution in [1.29, 1.82) is 0 Å². The highest BCUT2D eigenvalue weighted by Gasteiger charge is 2.22. The fourth-order valence-electron chi connectivity index (χ4n) is 4.81. The molecule has 200 valence electrons. The molecule has 2 heterocycles. The van der Waals surface area contributed by atoms with E-state index in [1.165, 1.54) is 6.07 Å². The quantitative estimate of drug-likeness (QED) is 0.315. The van der Waals surface area contributed by atoms with E-state index in [1.54, 1.807) is 24.1 Å². The predicted molar refractivity (Wildman–Crippen MR) is 152 cm³/mol. The highest BCUT2D eigenvalue weighted by molar-refractivity contribution is 6.23. The maximum Gasteiger partial charge on any atom is 0.337 e. The van der Waals surface area contributed by atoms with Crippen LogP contribution in [0.4, 0.5) is 11.4 Å². The number of aromatic carboxylic acids is 1. The molecule has 0 unspecified atom stereocenters. The molecule has 9 heteroatoms. The topological polar surface area (TPSA) is 112 Å². The zero-order chi connectivity index (χ0) is 27.5. The number of carbonyl (C=O) groups excluding carboxylic acids is 1. The number of piperazine rings is 1. The van der Waals surface area contributed by atoms with Gasteiger partial charge in [0.05, 0.1) is 34.6 Å². The SMILES string of the molecule is CN1CCN(CC(=O)N(C)c2ccc(N=C(c3ccccc3)c3c(O)[nH]c4c(C(=O)O)cccc34)cc2)CC1. The van der Waals surface area contributed by atoms with Crippen LogP contribution >= 0.6 is 0 Å². The molecule has 4 aromatic rings. The molecule has 1 aliphatic rings. The second-order valence-electron chi connectivity index (χ2n) is 9.76. The van der Waals surface area contributed by atoms with Crippen molar-refractivity contribution in [2.24, 2.45) is 4.99 Å². The van der Waals surface area contributed by atoms with Crippen LogP contribution < -0.4 is 4.90 Å². The van der Waals surface area contributed by atoms with E-state index in [0.29, 0.717) is 34.4 Å². The Hall–Kier alpha value is -4.47. The number of H-pyrrole nitrogens is 1. The number of carbonyl (C=O) groups is 2. The number of anilines is 1. The molecule has 0 atom stereocenters. The van der Waals surface area contributed by atoms with Crippen LogP contribution in [-0.2, 0) is 4.79 Å². The summed E-state index contributed by atoms with van der Waals surface area (Å²) in [5.74, 6) is -1.22. The molecule has 0 spiro atoms. The molecule has 1 amide bonds. The molecule has 3 N–H and O–H groups in total. The van der Waals surface area contributed by atoms with E-state index < -0.39 is 5.97 Å². The number of carboxylic acid groups (broad SMARTS) is 1. The number of aromatic amines is 1. The molecule has 3 aromatic carbocycles. The third-order valence-electron chi connectivity index (χ3n) is 7.14. The maximum absolute atomic E-state index is 12.9. The monoisotopic (exact) mass is 525 g/mol. The number of likely N-dealkylation sites (N-methyl/N-ethyl adjacent to an activating group) is 2. The van der Waals surface area contributed by atoms with Gasteiger partial charge in [-0.3, -0.25) is 9.69 Å². The van der Waals surface area contributed by atoms with Gasteiger partial charge in [-0.05, 0) is 37.4 Å². The van der Waals surface area contributed by atoms with Gasteiger partial charge in [0, 0.05) is 49.9 Å². The van der Waals surface area contributed by atoms with Crippen LogP contribution in [0.15, 0.2) is 77.8 Å². The van der Waals surface area contributed by atoms with Gasteiger partial charge in [-0.2, -0.15) is 0 Å². The van der Waals surface area contributed by atoms with Gasteiger partial charge < -0.3 is 25.0 Å². The lowest BCUT2D eigenvalue weighted by molar-refractivity contribution is -0.119. The minimum atomic E-state index is -1.09. The first-order valence-corrected chi connectivity index (χ1v) is 12.8. The maximum atomic E-state index is 12.9. The molecule has 1 aliphatic heterocycles. The summed E-state index contributed by atoms with van der Waals surface area (Å²) in [6, 6.07) is 21.7. The molecular formula is C30H31N5O4. The van der Waals surface area contributed by atoms with Gasteiger partial charge in [0.25, 0.3) is 0 Å². The van der Waals surface area contributed by atoms with Gasteiger partial charge in [-0.1, -0.05) is 42.5 Å². The number of hydrogen-bond acceptors (Lipinski definition) is 6. The van der Waals surface area contributed by atoms with Gasteiger partial charge in [0.2, 0.25) is 5.91 Å². The van der Waals surface area contributed by atoms with Crippen molar-refractivity contribution < 1.29 is 19.8 Å². The second-order valence-corrected chi connectivity index (χ2v) is 9.76. The summed E-state index contributed by atoms with van der Waals surface area (Å²) >= 11 is 0. The number of benzene rings is 3. The van der Waals surface area contributed by atoms with E-state index in [0.717, 1.165) is 37.4 Å². The number of aromatic hydroxyl groups is 1. The molecule has 5 rings (SSSR count). The molecule has 0 aliphatic carbocycles. The van der Waals surface area contributed by atoms with Crippen LogP contribution in [0.25, 0.3) is 10.9 Å². The molecule has 1 aromatic heterocycles. The van der Waals surface area contributed by atoms with E-state index >= 15 is 0 Å². The number of rotatable bonds is 7. The number of nitrogens with zero attached hydrogens (tertiary/aromatic N) is 4. The Balaban J connectivity index is 1.46. The first-order chi connectivity index (χ1) is 18.8. The Morgan fingerprint density at radius 1 is 0.949 bits per heavy atom. The lowest BCUT2D eigenvalue weighted by atomic mass is 9.99. The van der Waals surface area contributed by atoms with E-state index in [2.05, 4.69) is 21.8 Å². The Labute approximate surface area is 226 Å². The van der Waals surface area contributed by atoms with Crippen LogP contribution in [0.2, 0.25) is 0 Å². The Kier molecular flexibility index (Phi) is 7.44. The van der Waals surface area contributed by atoms with E-state index in [-0.39, 0.29) is 17.4 Å². The fourth-order valence-corrected chi connectivity index (χ4v) is 4.81. The number of nitrogens with one attached hydrogen (secondary N) is 1. The first-order valence-electron chi connectivity index (χ1n) is 12.8. The fraction of sp³-hybridized carbons (Fsp3) is 0.233. The smallest absolute Gasteiger partial charge is 0.337 e. The number of aliphatic imine (C=N–C) groups is 1. The van der Waals surface area contributed by atoms with Crippen molar-refractivity contribution in [3.8, 4) is 5.88 Å². The summed E-state index contributed by atoms with van der Waals surface area (Å²) in [6.45, 7) is 4.04. The summed E-state index contributed by atoms with van der Waals surface area (Å²) in [4.78, 5) is 38.5. The summed E-state index contributed by atoms with van der Waals surface area (Å²) in [7, 11) is 3.86. The first kappa shape index (κ1) is 26.1. The van der Waals surface area contributed by atoms with Gasteiger partial charge in [-0.25, -0.2) is 9.79 Å². The molecule has 39 heavy (non-hydrogen) atoms. The third kappa shape index (κ3) is 5.55. The molecular weight excluding hydrogens is 494 g/mol. The van der Waals surface area contributed by atoms with Crippen molar-refractivity contribution >= 4 is 39.9 Å². The molecule has 1 fully saturated rings. The number of hydrogen-bond donors (Lipinski definition) is 3. The summed E-state index contributed by atoms with van der Waals surface area (Å²) < 4.78 is 0. The number of amides is 1. The highest BCUT2D eigenvalue weighted by Crippen LogP contribution is 2.33. The van der Waals surface area contributed by atoms with Crippen LogP contribution in [0.1, 0.15) is 21.5 Å². The minimum Gasteiger partial charge on any atom is -0.494 e. The Bertz CT molecular complexity index is 1520. The highest BCUT2D eigenvalue weighted by atomic mass is 16.4. The van der Waals surface area contributed by atoms with Crippen molar-refractivity contribution in [3.05, 3.63) is 89.5 Å². The van der Waals surface area contributed by atoms with Crippen LogP contribution in [0.5, 0.6) is 5.88 Å². The summed E-state index contributed by atoms with van der Waals surface area (Å²) in [6.07, 6.45) is 0. The molecule has 0 saturated carbocycles.